The lowest BCUT2D eigenvalue weighted by atomic mass is 10.1. The molecular weight excluding hydrogens is 303 g/mol. The number of aryl methyl sites for hydroxylation is 1. The highest BCUT2D eigenvalue weighted by atomic mass is 32.2. The van der Waals surface area contributed by atoms with Crippen LogP contribution in [-0.2, 0) is 9.84 Å². The van der Waals surface area contributed by atoms with Gasteiger partial charge in [0.25, 0.3) is 11.6 Å². The van der Waals surface area contributed by atoms with E-state index >= 15 is 0 Å². The van der Waals surface area contributed by atoms with E-state index in [0.29, 0.717) is 0 Å². The fourth-order valence-electron chi connectivity index (χ4n) is 2.19. The Hall–Kier alpha value is -2.03. The van der Waals surface area contributed by atoms with Gasteiger partial charge in [0.1, 0.15) is 5.82 Å². The first-order valence-corrected chi connectivity index (χ1v) is 7.97. The summed E-state index contributed by atoms with van der Waals surface area (Å²) < 4.78 is 36.5. The van der Waals surface area contributed by atoms with Gasteiger partial charge in [0.05, 0.1) is 22.0 Å². The number of non-ortho nitro benzene ring substituents is 1. The molecule has 7 nitrogen and oxygen atoms in total. The number of hydrogen-bond donors (Lipinski definition) is 1. The maximum Gasteiger partial charge on any atom is 0.270 e. The standard InChI is InChI=1S/C12H13FN2O5S/c1-7-4-9(15(17)18)5-10(11(7)13)12(16)14-8-2-3-21(19,20)6-8/h4-5,8H,2-3,6H2,1H3,(H,14,16). The molecule has 1 aliphatic heterocycles. The number of halogens is 1. The predicted octanol–water partition coefficient (Wildman–Crippen LogP) is 0.959. The molecular formula is C12H13FN2O5S. The fraction of sp³-hybridized carbons (Fsp3) is 0.417. The minimum atomic E-state index is -3.18. The van der Waals surface area contributed by atoms with Gasteiger partial charge in [0.2, 0.25) is 0 Å². The number of benzene rings is 1. The summed E-state index contributed by atoms with van der Waals surface area (Å²) in [6, 6.07) is 1.29. The quantitative estimate of drug-likeness (QED) is 0.660. The molecule has 0 radical (unpaired) electrons. The lowest BCUT2D eigenvalue weighted by molar-refractivity contribution is -0.385. The Morgan fingerprint density at radius 2 is 2.14 bits per heavy atom. The van der Waals surface area contributed by atoms with E-state index in [-0.39, 0.29) is 23.5 Å². The van der Waals surface area contributed by atoms with Crippen LogP contribution < -0.4 is 5.32 Å². The monoisotopic (exact) mass is 316 g/mol. The second-order valence-electron chi connectivity index (χ2n) is 4.95. The first-order valence-electron chi connectivity index (χ1n) is 6.15. The second kappa shape index (κ2) is 5.40. The topological polar surface area (TPSA) is 106 Å². The number of sulfone groups is 1. The molecule has 1 saturated heterocycles. The van der Waals surface area contributed by atoms with Crippen molar-refractivity contribution in [2.75, 3.05) is 11.5 Å². The molecule has 0 bridgehead atoms. The predicted molar refractivity (Wildman–Crippen MR) is 72.3 cm³/mol. The summed E-state index contributed by atoms with van der Waals surface area (Å²) in [5.74, 6) is -1.93. The van der Waals surface area contributed by atoms with Crippen LogP contribution in [0.2, 0.25) is 0 Å². The Kier molecular flexibility index (Phi) is 3.95. The minimum absolute atomic E-state index is 0.0200. The van der Waals surface area contributed by atoms with Crippen molar-refractivity contribution in [2.24, 2.45) is 0 Å². The number of nitro benzene ring substituents is 1. The molecule has 1 amide bonds. The van der Waals surface area contributed by atoms with Gasteiger partial charge in [-0.3, -0.25) is 14.9 Å². The Balaban J connectivity index is 2.25. The van der Waals surface area contributed by atoms with Crippen LogP contribution in [-0.4, -0.2) is 36.8 Å². The van der Waals surface area contributed by atoms with Crippen molar-refractivity contribution in [1.29, 1.82) is 0 Å². The van der Waals surface area contributed by atoms with Crippen LogP contribution in [0, 0.1) is 22.9 Å². The van der Waals surface area contributed by atoms with Crippen LogP contribution in [0.4, 0.5) is 10.1 Å². The Morgan fingerprint density at radius 3 is 2.67 bits per heavy atom. The van der Waals surface area contributed by atoms with Crippen LogP contribution in [0.3, 0.4) is 0 Å². The van der Waals surface area contributed by atoms with Crippen LogP contribution in [0.15, 0.2) is 12.1 Å². The lowest BCUT2D eigenvalue weighted by Crippen LogP contribution is -2.36. The SMILES string of the molecule is Cc1cc([N+](=O)[O-])cc(C(=O)NC2CCS(=O)(=O)C2)c1F. The van der Waals surface area contributed by atoms with E-state index in [1.165, 1.54) is 6.92 Å². The zero-order valence-corrected chi connectivity index (χ0v) is 11.9. The van der Waals surface area contributed by atoms with Gasteiger partial charge in [-0.25, -0.2) is 12.8 Å². The Labute approximate surface area is 120 Å². The normalized spacial score (nSPS) is 20.2. The lowest BCUT2D eigenvalue weighted by Gasteiger charge is -2.12. The number of carbonyl (C=O) groups excluding carboxylic acids is 1. The molecule has 1 aromatic rings. The first kappa shape index (κ1) is 15.4. The van der Waals surface area contributed by atoms with Crippen molar-refractivity contribution in [3.05, 3.63) is 39.2 Å². The molecule has 1 N–H and O–H groups in total. The van der Waals surface area contributed by atoms with Crippen molar-refractivity contribution in [1.82, 2.24) is 5.32 Å². The molecule has 1 aliphatic rings. The van der Waals surface area contributed by atoms with E-state index in [2.05, 4.69) is 5.32 Å². The van der Waals surface area contributed by atoms with Gasteiger partial charge in [0, 0.05) is 18.2 Å². The largest absolute Gasteiger partial charge is 0.348 e. The molecule has 114 valence electrons. The molecule has 0 saturated carbocycles. The third kappa shape index (κ3) is 3.35. The summed E-state index contributed by atoms with van der Waals surface area (Å²) in [4.78, 5) is 22.0. The summed E-state index contributed by atoms with van der Waals surface area (Å²) >= 11 is 0. The van der Waals surface area contributed by atoms with Gasteiger partial charge in [-0.2, -0.15) is 0 Å². The molecule has 0 aromatic heterocycles. The maximum absolute atomic E-state index is 13.9. The van der Waals surface area contributed by atoms with E-state index < -0.39 is 43.8 Å². The molecule has 1 unspecified atom stereocenters. The molecule has 1 fully saturated rings. The molecule has 21 heavy (non-hydrogen) atoms. The van der Waals surface area contributed by atoms with Gasteiger partial charge in [-0.1, -0.05) is 0 Å². The molecule has 1 atom stereocenters. The van der Waals surface area contributed by atoms with Gasteiger partial charge in [-0.05, 0) is 18.9 Å². The van der Waals surface area contributed by atoms with Gasteiger partial charge in [-0.15, -0.1) is 0 Å². The summed E-state index contributed by atoms with van der Waals surface area (Å²) in [5, 5.41) is 13.1. The van der Waals surface area contributed by atoms with E-state index in [0.717, 1.165) is 12.1 Å². The van der Waals surface area contributed by atoms with Crippen LogP contribution >= 0.6 is 0 Å². The average Bonchev–Trinajstić information content (AvgIpc) is 2.71. The Bertz CT molecular complexity index is 717. The highest BCUT2D eigenvalue weighted by Gasteiger charge is 2.30. The molecule has 0 spiro atoms. The molecule has 1 heterocycles. The van der Waals surface area contributed by atoms with Crippen LogP contribution in [0.1, 0.15) is 22.3 Å². The zero-order valence-electron chi connectivity index (χ0n) is 11.1. The van der Waals surface area contributed by atoms with Crippen molar-refractivity contribution in [3.8, 4) is 0 Å². The number of nitrogens with zero attached hydrogens (tertiary/aromatic N) is 1. The average molecular weight is 316 g/mol. The number of rotatable bonds is 3. The first-order chi connectivity index (χ1) is 9.69. The van der Waals surface area contributed by atoms with Crippen LogP contribution in [0.25, 0.3) is 0 Å². The second-order valence-corrected chi connectivity index (χ2v) is 7.18. The smallest absolute Gasteiger partial charge is 0.270 e. The molecule has 9 heteroatoms. The van der Waals surface area contributed by atoms with E-state index in [4.69, 9.17) is 0 Å². The highest BCUT2D eigenvalue weighted by Crippen LogP contribution is 2.21. The van der Waals surface area contributed by atoms with Crippen LogP contribution in [0.5, 0.6) is 0 Å². The Morgan fingerprint density at radius 1 is 1.48 bits per heavy atom. The van der Waals surface area contributed by atoms with Crippen molar-refractivity contribution >= 4 is 21.4 Å². The highest BCUT2D eigenvalue weighted by molar-refractivity contribution is 7.91. The van der Waals surface area contributed by atoms with E-state index in [1.807, 2.05) is 0 Å². The minimum Gasteiger partial charge on any atom is -0.348 e. The van der Waals surface area contributed by atoms with Crippen molar-refractivity contribution in [3.63, 3.8) is 0 Å². The summed E-state index contributed by atoms with van der Waals surface area (Å²) in [5.41, 5.74) is -0.863. The van der Waals surface area contributed by atoms with Gasteiger partial charge >= 0.3 is 0 Å². The van der Waals surface area contributed by atoms with Gasteiger partial charge in [0.15, 0.2) is 9.84 Å². The maximum atomic E-state index is 13.9. The van der Waals surface area contributed by atoms with E-state index in [9.17, 15) is 27.7 Å². The number of nitrogens with one attached hydrogen (secondary N) is 1. The summed E-state index contributed by atoms with van der Waals surface area (Å²) in [6.45, 7) is 1.32. The number of amides is 1. The fourth-order valence-corrected chi connectivity index (χ4v) is 3.87. The summed E-state index contributed by atoms with van der Waals surface area (Å²) in [6.07, 6.45) is 0.254. The van der Waals surface area contributed by atoms with Crippen molar-refractivity contribution in [2.45, 2.75) is 19.4 Å². The molecule has 0 aliphatic carbocycles. The zero-order chi connectivity index (χ0) is 15.8. The van der Waals surface area contributed by atoms with Gasteiger partial charge < -0.3 is 5.32 Å². The number of hydrogen-bond acceptors (Lipinski definition) is 5. The number of nitro groups is 1. The number of carbonyl (C=O) groups is 1. The third-order valence-corrected chi connectivity index (χ3v) is 5.03. The third-order valence-electron chi connectivity index (χ3n) is 3.26. The van der Waals surface area contributed by atoms with Crippen molar-refractivity contribution < 1.29 is 22.5 Å². The summed E-state index contributed by atoms with van der Waals surface area (Å²) in [7, 11) is -3.18. The molecule has 1 aromatic carbocycles. The van der Waals surface area contributed by atoms with E-state index in [1.54, 1.807) is 0 Å². The molecule has 2 rings (SSSR count).